The molecule has 0 radical (unpaired) electrons. The van der Waals surface area contributed by atoms with E-state index in [0.29, 0.717) is 0 Å². The van der Waals surface area contributed by atoms with Crippen molar-refractivity contribution >= 4 is 6.08 Å². The molecule has 0 nitrogen and oxygen atoms in total. The largest absolute Gasteiger partial charge is 0.0985 e. The fourth-order valence-electron chi connectivity index (χ4n) is 2.24. The first-order valence-corrected chi connectivity index (χ1v) is 8.68. The summed E-state index contributed by atoms with van der Waals surface area (Å²) >= 11 is 0. The van der Waals surface area contributed by atoms with Gasteiger partial charge >= 0.3 is 0 Å². The molecule has 0 saturated carbocycles. The summed E-state index contributed by atoms with van der Waals surface area (Å²) in [4.78, 5) is 0. The second-order valence-corrected chi connectivity index (χ2v) is 5.50. The minimum absolute atomic E-state index is 1.17. The summed E-state index contributed by atoms with van der Waals surface area (Å²) in [5.74, 6) is 0. The van der Waals surface area contributed by atoms with E-state index in [2.05, 4.69) is 55.1 Å². The topological polar surface area (TPSA) is 0 Å². The van der Waals surface area contributed by atoms with Gasteiger partial charge in [0.05, 0.1) is 0 Å². The van der Waals surface area contributed by atoms with Crippen LogP contribution in [0.15, 0.2) is 134 Å². The number of rotatable bonds is 2. The van der Waals surface area contributed by atoms with Gasteiger partial charge in [0.25, 0.3) is 0 Å². The molecule has 4 aromatic carbocycles. The molecule has 4 aromatic rings. The Kier molecular flexibility index (Phi) is 8.78. The van der Waals surface area contributed by atoms with Crippen LogP contribution in [0.3, 0.4) is 0 Å². The first-order chi connectivity index (χ1) is 12.9. The molecule has 0 bridgehead atoms. The lowest BCUT2D eigenvalue weighted by Gasteiger charge is -1.98. The molecule has 0 atom stereocenters. The molecule has 0 fully saturated rings. The van der Waals surface area contributed by atoms with Gasteiger partial charge in [-0.25, -0.2) is 0 Å². The number of hydrogen-bond acceptors (Lipinski definition) is 0. The Morgan fingerprint density at radius 1 is 0.385 bits per heavy atom. The summed E-state index contributed by atoms with van der Waals surface area (Å²) in [5, 5.41) is 0. The number of hydrogen-bond donors (Lipinski definition) is 0. The lowest BCUT2D eigenvalue weighted by atomic mass is 10.1. The van der Waals surface area contributed by atoms with Gasteiger partial charge in [-0.3, -0.25) is 0 Å². The maximum absolute atomic E-state index is 3.63. The highest BCUT2D eigenvalue weighted by Crippen LogP contribution is 2.17. The Balaban J connectivity index is 0.000000151. The van der Waals surface area contributed by atoms with E-state index < -0.39 is 0 Å². The third kappa shape index (κ3) is 7.46. The summed E-state index contributed by atoms with van der Waals surface area (Å²) in [5.41, 5.74) is 3.73. The molecule has 0 aromatic heterocycles. The highest BCUT2D eigenvalue weighted by atomic mass is 14.0. The van der Waals surface area contributed by atoms with Crippen molar-refractivity contribution in [3.05, 3.63) is 140 Å². The predicted octanol–water partition coefficient (Wildman–Crippen LogP) is 7.37. The van der Waals surface area contributed by atoms with Crippen molar-refractivity contribution in [1.29, 1.82) is 0 Å². The summed E-state index contributed by atoms with van der Waals surface area (Å²) in [7, 11) is 0. The molecule has 0 heterocycles. The van der Waals surface area contributed by atoms with E-state index in [-0.39, 0.29) is 0 Å². The van der Waals surface area contributed by atoms with Gasteiger partial charge in [-0.2, -0.15) is 0 Å². The second-order valence-electron chi connectivity index (χ2n) is 5.50. The normalized spacial score (nSPS) is 8.92. The minimum Gasteiger partial charge on any atom is -0.0985 e. The van der Waals surface area contributed by atoms with Crippen LogP contribution in [0.1, 0.15) is 5.56 Å². The molecule has 0 unspecified atom stereocenters. The highest BCUT2D eigenvalue weighted by Gasteiger charge is 1.91. The van der Waals surface area contributed by atoms with Gasteiger partial charge in [0.2, 0.25) is 0 Å². The van der Waals surface area contributed by atoms with E-state index >= 15 is 0 Å². The van der Waals surface area contributed by atoms with Gasteiger partial charge in [0.15, 0.2) is 0 Å². The van der Waals surface area contributed by atoms with Crippen molar-refractivity contribution in [2.24, 2.45) is 0 Å². The van der Waals surface area contributed by atoms with E-state index in [9.17, 15) is 0 Å². The fourth-order valence-corrected chi connectivity index (χ4v) is 2.24. The van der Waals surface area contributed by atoms with Gasteiger partial charge in [0.1, 0.15) is 0 Å². The molecular weight excluding hydrogens is 312 g/mol. The van der Waals surface area contributed by atoms with Gasteiger partial charge in [0, 0.05) is 0 Å². The monoisotopic (exact) mass is 336 g/mol. The van der Waals surface area contributed by atoms with Gasteiger partial charge in [-0.1, -0.05) is 140 Å². The van der Waals surface area contributed by atoms with Crippen LogP contribution in [0.25, 0.3) is 17.2 Å². The third-order valence-corrected chi connectivity index (χ3v) is 3.58. The lowest BCUT2D eigenvalue weighted by Crippen LogP contribution is -1.73. The molecule has 26 heavy (non-hydrogen) atoms. The summed E-state index contributed by atoms with van der Waals surface area (Å²) in [6.07, 6.45) is 1.83. The zero-order valence-electron chi connectivity index (χ0n) is 14.9. The molecule has 0 spiro atoms. The van der Waals surface area contributed by atoms with E-state index in [1.54, 1.807) is 0 Å². The maximum Gasteiger partial charge on any atom is -0.0184 e. The van der Waals surface area contributed by atoms with Crippen LogP contribution < -0.4 is 0 Å². The Morgan fingerprint density at radius 2 is 0.654 bits per heavy atom. The van der Waals surface area contributed by atoms with Crippen molar-refractivity contribution in [3.8, 4) is 11.1 Å². The second kappa shape index (κ2) is 12.0. The van der Waals surface area contributed by atoms with Crippen LogP contribution >= 0.6 is 0 Å². The Bertz CT molecular complexity index is 756. The molecule has 0 aliphatic heterocycles. The van der Waals surface area contributed by atoms with Crippen molar-refractivity contribution < 1.29 is 0 Å². The fraction of sp³-hybridized carbons (Fsp3) is 0. The Hall–Kier alpha value is -3.38. The summed E-state index contributed by atoms with van der Waals surface area (Å²) in [6, 6.07) is 42.8. The smallest absolute Gasteiger partial charge is 0.0184 e. The first-order valence-electron chi connectivity index (χ1n) is 8.68. The average molecular weight is 336 g/mol. The van der Waals surface area contributed by atoms with E-state index in [4.69, 9.17) is 0 Å². The van der Waals surface area contributed by atoms with E-state index in [1.807, 2.05) is 84.9 Å². The lowest BCUT2D eigenvalue weighted by molar-refractivity contribution is 1.62. The third-order valence-electron chi connectivity index (χ3n) is 3.58. The standard InChI is InChI=1S/C12H10.C8H8.C6H6/c1-3-7-11(8-4-1)12-9-5-2-6-10-12;1-2-8-6-4-3-5-7-8;1-2-4-6-5-3-1/h1-10H;2-7H,1H2;1-6H. The molecule has 128 valence electrons. The Morgan fingerprint density at radius 3 is 0.923 bits per heavy atom. The van der Waals surface area contributed by atoms with Crippen LogP contribution in [0.2, 0.25) is 0 Å². The van der Waals surface area contributed by atoms with E-state index in [1.165, 1.54) is 16.7 Å². The van der Waals surface area contributed by atoms with Crippen LogP contribution in [-0.2, 0) is 0 Å². The molecule has 0 amide bonds. The minimum atomic E-state index is 1.17. The predicted molar refractivity (Wildman–Crippen MR) is 115 cm³/mol. The van der Waals surface area contributed by atoms with Gasteiger partial charge < -0.3 is 0 Å². The zero-order valence-corrected chi connectivity index (χ0v) is 14.9. The summed E-state index contributed by atoms with van der Waals surface area (Å²) < 4.78 is 0. The number of benzene rings is 4. The van der Waals surface area contributed by atoms with Gasteiger partial charge in [-0.15, -0.1) is 0 Å². The Labute approximate surface area is 157 Å². The SMILES string of the molecule is C=Cc1ccccc1.c1ccc(-c2ccccc2)cc1.c1ccccc1. The quantitative estimate of drug-likeness (QED) is 0.358. The zero-order chi connectivity index (χ0) is 18.3. The molecule has 4 rings (SSSR count). The summed E-state index contributed by atoms with van der Waals surface area (Å²) in [6.45, 7) is 3.63. The van der Waals surface area contributed by atoms with Crippen LogP contribution in [0, 0.1) is 0 Å². The molecular formula is C26H24. The van der Waals surface area contributed by atoms with Crippen molar-refractivity contribution in [2.75, 3.05) is 0 Å². The molecule has 0 saturated heterocycles. The average Bonchev–Trinajstić information content (AvgIpc) is 2.78. The van der Waals surface area contributed by atoms with Crippen molar-refractivity contribution in [1.82, 2.24) is 0 Å². The first kappa shape index (κ1) is 19.0. The van der Waals surface area contributed by atoms with Crippen LogP contribution in [0.4, 0.5) is 0 Å². The van der Waals surface area contributed by atoms with Crippen molar-refractivity contribution in [2.45, 2.75) is 0 Å². The molecule has 0 N–H and O–H groups in total. The van der Waals surface area contributed by atoms with Crippen molar-refractivity contribution in [3.63, 3.8) is 0 Å². The van der Waals surface area contributed by atoms with Gasteiger partial charge in [-0.05, 0) is 16.7 Å². The molecule has 0 aliphatic carbocycles. The van der Waals surface area contributed by atoms with E-state index in [0.717, 1.165) is 0 Å². The maximum atomic E-state index is 3.63. The van der Waals surface area contributed by atoms with Crippen LogP contribution in [-0.4, -0.2) is 0 Å². The van der Waals surface area contributed by atoms with Crippen LogP contribution in [0.5, 0.6) is 0 Å². The molecule has 0 heteroatoms. The highest BCUT2D eigenvalue weighted by molar-refractivity contribution is 5.62. The molecule has 0 aliphatic rings.